The maximum Gasteiger partial charge on any atom is 0.0955 e. The molecule has 78 valence electrons. The molecular formula is C12H14N2O. The van der Waals surface area contributed by atoms with Gasteiger partial charge >= 0.3 is 0 Å². The summed E-state index contributed by atoms with van der Waals surface area (Å²) in [7, 11) is 0. The Morgan fingerprint density at radius 3 is 2.60 bits per heavy atom. The van der Waals surface area contributed by atoms with Crippen LogP contribution in [0.15, 0.2) is 36.7 Å². The van der Waals surface area contributed by atoms with Gasteiger partial charge in [0.2, 0.25) is 0 Å². The summed E-state index contributed by atoms with van der Waals surface area (Å²) in [6.07, 6.45) is 1.77. The van der Waals surface area contributed by atoms with Crippen molar-refractivity contribution >= 4 is 0 Å². The van der Waals surface area contributed by atoms with E-state index in [0.717, 1.165) is 17.9 Å². The van der Waals surface area contributed by atoms with Gasteiger partial charge in [0.1, 0.15) is 0 Å². The predicted octanol–water partition coefficient (Wildman–Crippen LogP) is 1.73. The van der Waals surface area contributed by atoms with Crippen LogP contribution in [0.25, 0.3) is 0 Å². The molecule has 0 atom stereocenters. The third-order valence-electron chi connectivity index (χ3n) is 2.55. The molecule has 2 rings (SSSR count). The van der Waals surface area contributed by atoms with Gasteiger partial charge in [0.25, 0.3) is 0 Å². The Balaban J connectivity index is 2.21. The molecule has 0 bridgehead atoms. The van der Waals surface area contributed by atoms with Crippen molar-refractivity contribution in [3.8, 4) is 0 Å². The smallest absolute Gasteiger partial charge is 0.0955 e. The number of rotatable bonds is 3. The molecule has 2 aromatic rings. The Kier molecular flexibility index (Phi) is 2.83. The van der Waals surface area contributed by atoms with E-state index in [1.54, 1.807) is 6.33 Å². The lowest BCUT2D eigenvalue weighted by molar-refractivity contribution is 0.276. The Hall–Kier alpha value is -1.61. The monoisotopic (exact) mass is 202 g/mol. The fourth-order valence-electron chi connectivity index (χ4n) is 1.58. The van der Waals surface area contributed by atoms with Gasteiger partial charge < -0.3 is 9.67 Å². The minimum Gasteiger partial charge on any atom is -0.390 e. The Labute approximate surface area is 89.0 Å². The van der Waals surface area contributed by atoms with Crippen molar-refractivity contribution in [2.45, 2.75) is 20.1 Å². The molecule has 3 heteroatoms. The molecule has 0 aliphatic rings. The zero-order chi connectivity index (χ0) is 10.7. The second-order valence-corrected chi connectivity index (χ2v) is 3.55. The lowest BCUT2D eigenvalue weighted by Gasteiger charge is -2.05. The summed E-state index contributed by atoms with van der Waals surface area (Å²) in [4.78, 5) is 4.14. The fraction of sp³-hybridized carbons (Fsp3) is 0.250. The highest BCUT2D eigenvalue weighted by Crippen LogP contribution is 2.09. The van der Waals surface area contributed by atoms with E-state index in [0.29, 0.717) is 0 Å². The van der Waals surface area contributed by atoms with E-state index in [2.05, 4.69) is 17.1 Å². The molecule has 0 amide bonds. The zero-order valence-electron chi connectivity index (χ0n) is 8.72. The molecule has 1 N–H and O–H groups in total. The van der Waals surface area contributed by atoms with Gasteiger partial charge in [-0.25, -0.2) is 4.98 Å². The van der Waals surface area contributed by atoms with E-state index in [-0.39, 0.29) is 6.61 Å². The van der Waals surface area contributed by atoms with E-state index >= 15 is 0 Å². The largest absolute Gasteiger partial charge is 0.390 e. The molecule has 0 fully saturated rings. The second kappa shape index (κ2) is 4.28. The van der Waals surface area contributed by atoms with E-state index in [9.17, 15) is 0 Å². The third kappa shape index (κ3) is 2.07. The first kappa shape index (κ1) is 9.93. The predicted molar refractivity (Wildman–Crippen MR) is 58.4 cm³/mol. The first-order valence-electron chi connectivity index (χ1n) is 4.96. The average molecular weight is 202 g/mol. The summed E-state index contributed by atoms with van der Waals surface area (Å²) in [5, 5.41) is 9.02. The number of nitrogens with zero attached hydrogens (tertiary/aromatic N) is 2. The highest BCUT2D eigenvalue weighted by molar-refractivity contribution is 5.18. The molecule has 0 spiro atoms. The van der Waals surface area contributed by atoms with Gasteiger partial charge in [-0.15, -0.1) is 0 Å². The van der Waals surface area contributed by atoms with Gasteiger partial charge in [-0.05, 0) is 12.5 Å². The molecule has 3 nitrogen and oxygen atoms in total. The molecule has 0 aliphatic carbocycles. The van der Waals surface area contributed by atoms with Crippen LogP contribution in [0.3, 0.4) is 0 Å². The minimum absolute atomic E-state index is 0.00756. The molecular weight excluding hydrogens is 188 g/mol. The normalized spacial score (nSPS) is 10.5. The third-order valence-corrected chi connectivity index (χ3v) is 2.55. The van der Waals surface area contributed by atoms with Crippen molar-refractivity contribution in [1.82, 2.24) is 9.55 Å². The van der Waals surface area contributed by atoms with Gasteiger partial charge in [-0.1, -0.05) is 30.3 Å². The molecule has 15 heavy (non-hydrogen) atoms. The number of imidazole rings is 1. The van der Waals surface area contributed by atoms with Gasteiger partial charge in [0.15, 0.2) is 0 Å². The Bertz CT molecular complexity index is 434. The lowest BCUT2D eigenvalue weighted by Crippen LogP contribution is -2.01. The quantitative estimate of drug-likeness (QED) is 0.823. The van der Waals surface area contributed by atoms with Gasteiger partial charge in [0, 0.05) is 12.2 Å². The van der Waals surface area contributed by atoms with Crippen LogP contribution in [-0.4, -0.2) is 14.7 Å². The van der Waals surface area contributed by atoms with Crippen LogP contribution in [0.1, 0.15) is 17.0 Å². The minimum atomic E-state index is 0.00756. The Morgan fingerprint density at radius 2 is 2.00 bits per heavy atom. The second-order valence-electron chi connectivity index (χ2n) is 3.55. The van der Waals surface area contributed by atoms with Crippen molar-refractivity contribution in [3.05, 3.63) is 53.6 Å². The first-order chi connectivity index (χ1) is 7.31. The highest BCUT2D eigenvalue weighted by atomic mass is 16.3. The standard InChI is InChI=1S/C12H14N2O/c1-10-12(8-15)13-9-14(10)7-11-5-3-2-4-6-11/h2-6,9,15H,7-8H2,1H3. The summed E-state index contributed by atoms with van der Waals surface area (Å²) < 4.78 is 2.04. The average Bonchev–Trinajstić information content (AvgIpc) is 2.62. The van der Waals surface area contributed by atoms with Crippen LogP contribution >= 0.6 is 0 Å². The summed E-state index contributed by atoms with van der Waals surface area (Å²) in [5.41, 5.74) is 3.02. The van der Waals surface area contributed by atoms with Crippen LogP contribution < -0.4 is 0 Å². The molecule has 1 aromatic carbocycles. The molecule has 0 aliphatic heterocycles. The van der Waals surface area contributed by atoms with Crippen LogP contribution in [0.2, 0.25) is 0 Å². The van der Waals surface area contributed by atoms with Crippen molar-refractivity contribution < 1.29 is 5.11 Å². The lowest BCUT2D eigenvalue weighted by atomic mass is 10.2. The molecule has 0 saturated heterocycles. The number of aliphatic hydroxyl groups is 1. The summed E-state index contributed by atoms with van der Waals surface area (Å²) in [6.45, 7) is 2.79. The van der Waals surface area contributed by atoms with Gasteiger partial charge in [-0.3, -0.25) is 0 Å². The van der Waals surface area contributed by atoms with Crippen molar-refractivity contribution in [3.63, 3.8) is 0 Å². The van der Waals surface area contributed by atoms with Gasteiger partial charge in [-0.2, -0.15) is 0 Å². The number of benzene rings is 1. The number of hydrogen-bond acceptors (Lipinski definition) is 2. The maximum atomic E-state index is 9.02. The van der Waals surface area contributed by atoms with E-state index in [1.807, 2.05) is 29.7 Å². The zero-order valence-corrected chi connectivity index (χ0v) is 8.72. The SMILES string of the molecule is Cc1c(CO)ncn1Cc1ccccc1. The molecule has 0 saturated carbocycles. The maximum absolute atomic E-state index is 9.02. The molecule has 1 heterocycles. The van der Waals surface area contributed by atoms with Crippen molar-refractivity contribution in [1.29, 1.82) is 0 Å². The highest BCUT2D eigenvalue weighted by Gasteiger charge is 2.04. The summed E-state index contributed by atoms with van der Waals surface area (Å²) in [6, 6.07) is 10.2. The molecule has 1 aromatic heterocycles. The van der Waals surface area contributed by atoms with Crippen LogP contribution in [0.4, 0.5) is 0 Å². The summed E-state index contributed by atoms with van der Waals surface area (Å²) in [5.74, 6) is 0. The van der Waals surface area contributed by atoms with Crippen LogP contribution in [0, 0.1) is 6.92 Å². The van der Waals surface area contributed by atoms with E-state index in [1.165, 1.54) is 5.56 Å². The molecule has 0 unspecified atom stereocenters. The van der Waals surface area contributed by atoms with Crippen molar-refractivity contribution in [2.24, 2.45) is 0 Å². The van der Waals surface area contributed by atoms with E-state index < -0.39 is 0 Å². The first-order valence-corrected chi connectivity index (χ1v) is 4.96. The number of aliphatic hydroxyl groups excluding tert-OH is 1. The van der Waals surface area contributed by atoms with Crippen molar-refractivity contribution in [2.75, 3.05) is 0 Å². The van der Waals surface area contributed by atoms with Crippen LogP contribution in [0.5, 0.6) is 0 Å². The number of hydrogen-bond donors (Lipinski definition) is 1. The summed E-state index contributed by atoms with van der Waals surface area (Å²) >= 11 is 0. The molecule has 0 radical (unpaired) electrons. The number of aromatic nitrogens is 2. The van der Waals surface area contributed by atoms with Gasteiger partial charge in [0.05, 0.1) is 18.6 Å². The van der Waals surface area contributed by atoms with Crippen LogP contribution in [-0.2, 0) is 13.2 Å². The van der Waals surface area contributed by atoms with E-state index in [4.69, 9.17) is 5.11 Å². The fourth-order valence-corrected chi connectivity index (χ4v) is 1.58. The Morgan fingerprint density at radius 1 is 1.27 bits per heavy atom. The topological polar surface area (TPSA) is 38.1 Å².